The first-order chi connectivity index (χ1) is 19.7. The molecule has 4 saturated carbocycles. The molecule has 2 aromatic rings. The summed E-state index contributed by atoms with van der Waals surface area (Å²) in [7, 11) is -3.15. The Morgan fingerprint density at radius 1 is 0.878 bits per heavy atom. The van der Waals surface area contributed by atoms with Crippen molar-refractivity contribution in [3.63, 3.8) is 0 Å². The fraction of sp³-hybridized carbons (Fsp3) is 0.581. The molecule has 220 valence electrons. The van der Waals surface area contributed by atoms with Crippen molar-refractivity contribution in [2.75, 3.05) is 59.7 Å². The monoisotopic (exact) mass is 579 g/mol. The van der Waals surface area contributed by atoms with E-state index in [0.717, 1.165) is 54.9 Å². The van der Waals surface area contributed by atoms with E-state index in [-0.39, 0.29) is 17.8 Å². The molecule has 10 heteroatoms. The third kappa shape index (κ3) is 4.87. The van der Waals surface area contributed by atoms with E-state index in [1.807, 2.05) is 23.1 Å². The fourth-order valence-corrected chi connectivity index (χ4v) is 9.61. The smallest absolute Gasteiger partial charge is 0.322 e. The van der Waals surface area contributed by atoms with Gasteiger partial charge in [-0.1, -0.05) is 12.1 Å². The second kappa shape index (κ2) is 10.2. The van der Waals surface area contributed by atoms with Crippen molar-refractivity contribution in [1.82, 2.24) is 9.62 Å². The van der Waals surface area contributed by atoms with Crippen molar-refractivity contribution in [3.05, 3.63) is 48.5 Å². The van der Waals surface area contributed by atoms with Gasteiger partial charge in [0.1, 0.15) is 0 Å². The van der Waals surface area contributed by atoms with Gasteiger partial charge in [-0.05, 0) is 93.2 Å². The van der Waals surface area contributed by atoms with Crippen LogP contribution in [0.25, 0.3) is 0 Å². The summed E-state index contributed by atoms with van der Waals surface area (Å²) < 4.78 is 26.0. The summed E-state index contributed by atoms with van der Waals surface area (Å²) >= 11 is 0. The number of para-hydroxylation sites is 2. The van der Waals surface area contributed by atoms with Gasteiger partial charge in [0.05, 0.1) is 22.7 Å². The number of hydrogen-bond acceptors (Lipinski definition) is 6. The van der Waals surface area contributed by atoms with Crippen molar-refractivity contribution in [2.24, 2.45) is 17.8 Å². The summed E-state index contributed by atoms with van der Waals surface area (Å²) in [6.45, 7) is 5.36. The molecule has 0 aromatic heterocycles. The molecule has 9 nitrogen and oxygen atoms in total. The number of fused-ring (bicyclic) bond motifs is 1. The Balaban J connectivity index is 1.04. The molecule has 1 saturated heterocycles. The second-order valence-electron chi connectivity index (χ2n) is 12.8. The molecular formula is C31H41N5O4S. The van der Waals surface area contributed by atoms with Gasteiger partial charge in [-0.25, -0.2) is 13.2 Å². The van der Waals surface area contributed by atoms with Crippen LogP contribution < -0.4 is 20.0 Å². The zero-order chi connectivity index (χ0) is 28.4. The van der Waals surface area contributed by atoms with Crippen LogP contribution in [0.5, 0.6) is 0 Å². The fourth-order valence-electron chi connectivity index (χ4n) is 8.53. The maximum absolute atomic E-state index is 13.7. The zero-order valence-corrected chi connectivity index (χ0v) is 24.6. The van der Waals surface area contributed by atoms with E-state index >= 15 is 0 Å². The summed E-state index contributed by atoms with van der Waals surface area (Å²) in [5.41, 5.74) is 3.59. The maximum Gasteiger partial charge on any atom is 0.322 e. The van der Waals surface area contributed by atoms with E-state index in [0.29, 0.717) is 57.0 Å². The van der Waals surface area contributed by atoms with E-state index in [1.165, 1.54) is 0 Å². The number of carbonyl (C=O) groups excluding carboxylic acids is 1. The van der Waals surface area contributed by atoms with Crippen molar-refractivity contribution < 1.29 is 18.3 Å². The van der Waals surface area contributed by atoms with Crippen molar-refractivity contribution in [2.45, 2.75) is 50.7 Å². The molecule has 4 aliphatic carbocycles. The number of urea groups is 1. The minimum Gasteiger partial charge on any atom is -0.390 e. The molecule has 8 rings (SSSR count). The molecule has 2 N–H and O–H groups in total. The summed E-state index contributed by atoms with van der Waals surface area (Å²) in [5.74, 6) is 1.52. The third-order valence-corrected chi connectivity index (χ3v) is 12.2. The summed E-state index contributed by atoms with van der Waals surface area (Å²) in [5, 5.41) is 14.4. The van der Waals surface area contributed by atoms with Gasteiger partial charge < -0.3 is 20.2 Å². The molecular weight excluding hydrogens is 538 g/mol. The Morgan fingerprint density at radius 2 is 1.51 bits per heavy atom. The van der Waals surface area contributed by atoms with Crippen LogP contribution in [0.3, 0.4) is 0 Å². The lowest BCUT2D eigenvalue weighted by atomic mass is 9.52. The number of amides is 2. The molecule has 2 amide bonds. The minimum absolute atomic E-state index is 0.0267. The van der Waals surface area contributed by atoms with E-state index in [1.54, 1.807) is 11.2 Å². The number of nitrogens with zero attached hydrogens (tertiary/aromatic N) is 4. The molecule has 4 bridgehead atoms. The molecule has 2 aromatic carbocycles. The molecule has 6 aliphatic rings. The highest BCUT2D eigenvalue weighted by atomic mass is 32.2. The van der Waals surface area contributed by atoms with Crippen LogP contribution in [0.15, 0.2) is 48.5 Å². The maximum atomic E-state index is 13.7. The Kier molecular flexibility index (Phi) is 6.71. The first-order valence-electron chi connectivity index (χ1n) is 15.2. The number of rotatable bonds is 5. The summed E-state index contributed by atoms with van der Waals surface area (Å²) in [6.07, 6.45) is 4.82. The predicted molar refractivity (Wildman–Crippen MR) is 161 cm³/mol. The van der Waals surface area contributed by atoms with Crippen LogP contribution in [-0.4, -0.2) is 80.5 Å². The highest BCUT2D eigenvalue weighted by molar-refractivity contribution is 7.89. The van der Waals surface area contributed by atoms with Gasteiger partial charge in [-0.2, -0.15) is 4.31 Å². The van der Waals surface area contributed by atoms with Crippen molar-refractivity contribution in [3.8, 4) is 0 Å². The standard InChI is InChI=1S/C31H41N5O4S/c1-2-41(39,40)34-13-11-33(12-14-34)25-7-9-26(10-8-25)35-15-16-36(28-6-4-3-5-27(28)35)30(37)32-29-23-17-22-18-24(29)21-31(38,19-22)20-23/h3-10,22-24,29,38H,2,11-21H2,1H3,(H,32,37)/t22?,23-,24+,29?,31?. The van der Waals surface area contributed by atoms with Crippen LogP contribution in [-0.2, 0) is 10.0 Å². The lowest BCUT2D eigenvalue weighted by Gasteiger charge is -2.58. The summed E-state index contributed by atoms with van der Waals surface area (Å²) in [4.78, 5) is 20.1. The summed E-state index contributed by atoms with van der Waals surface area (Å²) in [6, 6.07) is 16.7. The lowest BCUT2D eigenvalue weighted by molar-refractivity contribution is -0.136. The van der Waals surface area contributed by atoms with E-state index in [2.05, 4.69) is 45.4 Å². The average Bonchev–Trinajstić information content (AvgIpc) is 2.97. The first-order valence-corrected chi connectivity index (χ1v) is 16.8. The van der Waals surface area contributed by atoms with Crippen LogP contribution in [0.4, 0.5) is 27.5 Å². The molecule has 0 radical (unpaired) electrons. The normalized spacial score (nSPS) is 31.3. The molecule has 41 heavy (non-hydrogen) atoms. The lowest BCUT2D eigenvalue weighted by Crippen LogP contribution is -2.63. The van der Waals surface area contributed by atoms with Crippen LogP contribution in [0.1, 0.15) is 39.0 Å². The Morgan fingerprint density at radius 3 is 2.15 bits per heavy atom. The highest BCUT2D eigenvalue weighted by Gasteiger charge is 2.55. The van der Waals surface area contributed by atoms with Gasteiger partial charge in [0.15, 0.2) is 0 Å². The zero-order valence-electron chi connectivity index (χ0n) is 23.8. The van der Waals surface area contributed by atoms with Gasteiger partial charge in [-0.3, -0.25) is 4.90 Å². The molecule has 3 unspecified atom stereocenters. The average molecular weight is 580 g/mol. The third-order valence-electron chi connectivity index (χ3n) is 10.3. The predicted octanol–water partition coefficient (Wildman–Crippen LogP) is 3.77. The largest absolute Gasteiger partial charge is 0.390 e. The van der Waals surface area contributed by atoms with Crippen molar-refractivity contribution in [1.29, 1.82) is 0 Å². The highest BCUT2D eigenvalue weighted by Crippen LogP contribution is 2.55. The van der Waals surface area contributed by atoms with Gasteiger partial charge in [0, 0.05) is 56.7 Å². The Bertz CT molecular complexity index is 1390. The molecule has 5 atom stereocenters. The van der Waals surface area contributed by atoms with Crippen LogP contribution in [0, 0.1) is 17.8 Å². The van der Waals surface area contributed by atoms with E-state index < -0.39 is 15.6 Å². The molecule has 2 heterocycles. The quantitative estimate of drug-likeness (QED) is 0.560. The van der Waals surface area contributed by atoms with Crippen molar-refractivity contribution >= 4 is 38.8 Å². The number of hydrogen-bond donors (Lipinski definition) is 2. The van der Waals surface area contributed by atoms with E-state index in [9.17, 15) is 18.3 Å². The number of nitrogens with one attached hydrogen (secondary N) is 1. The number of sulfonamides is 1. The van der Waals surface area contributed by atoms with Gasteiger partial charge in [0.25, 0.3) is 0 Å². The van der Waals surface area contributed by atoms with Gasteiger partial charge >= 0.3 is 6.03 Å². The van der Waals surface area contributed by atoms with Gasteiger partial charge in [-0.15, -0.1) is 0 Å². The Hall–Kier alpha value is -2.82. The number of benzene rings is 2. The molecule has 5 fully saturated rings. The Labute approximate surface area is 243 Å². The molecule has 0 spiro atoms. The van der Waals surface area contributed by atoms with E-state index in [4.69, 9.17) is 0 Å². The van der Waals surface area contributed by atoms with Gasteiger partial charge in [0.2, 0.25) is 10.0 Å². The molecule has 2 aliphatic heterocycles. The van der Waals surface area contributed by atoms with Crippen LogP contribution >= 0.6 is 0 Å². The minimum atomic E-state index is -3.15. The number of anilines is 4. The number of carbonyl (C=O) groups is 1. The van der Waals surface area contributed by atoms with Crippen LogP contribution in [0.2, 0.25) is 0 Å². The topological polar surface area (TPSA) is 96.4 Å². The SMILES string of the molecule is CCS(=O)(=O)N1CCN(c2ccc(N3CCN(C(=O)NC4[C@@H]5CC6C[C@H]4CC(O)(C6)C5)c4ccccc43)cc2)CC1. The number of piperazine rings is 1. The second-order valence-corrected chi connectivity index (χ2v) is 15.0. The number of aliphatic hydroxyl groups is 1. The first kappa shape index (κ1) is 27.0.